The molecule has 190 valence electrons. The molecule has 1 saturated heterocycles. The molecule has 2 aromatic carbocycles. The monoisotopic (exact) mass is 503 g/mol. The van der Waals surface area contributed by atoms with Crippen molar-refractivity contribution in [2.24, 2.45) is 5.92 Å². The van der Waals surface area contributed by atoms with Crippen LogP contribution in [0.25, 0.3) is 0 Å². The molecule has 2 amide bonds. The number of alkyl carbamates (subject to hydrolysis) is 1. The van der Waals surface area contributed by atoms with Gasteiger partial charge in [0.1, 0.15) is 12.6 Å². The van der Waals surface area contributed by atoms with E-state index in [0.29, 0.717) is 30.9 Å². The molecule has 1 aliphatic rings. The topological polar surface area (TPSA) is 114 Å². The maximum atomic E-state index is 13.2. The minimum absolute atomic E-state index is 0.0856. The molecule has 35 heavy (non-hydrogen) atoms. The molecule has 3 rings (SSSR count). The molecule has 2 unspecified atom stereocenters. The van der Waals surface area contributed by atoms with Crippen LogP contribution >= 0.6 is 0 Å². The molecule has 1 fully saturated rings. The molecule has 2 N–H and O–H groups in total. The first kappa shape index (κ1) is 26.7. The second kappa shape index (κ2) is 12.1. The van der Waals surface area contributed by atoms with Crippen LogP contribution < -0.4 is 10.6 Å². The number of hydrogen-bond acceptors (Lipinski definition) is 6. The van der Waals surface area contributed by atoms with E-state index in [9.17, 15) is 18.0 Å². The van der Waals surface area contributed by atoms with Crippen LogP contribution in [0.2, 0.25) is 0 Å². The van der Waals surface area contributed by atoms with Crippen molar-refractivity contribution in [3.63, 3.8) is 0 Å². The fourth-order valence-corrected chi connectivity index (χ4v) is 5.35. The Kier molecular flexibility index (Phi) is 9.25. The Morgan fingerprint density at radius 2 is 1.80 bits per heavy atom. The number of amides is 2. The summed E-state index contributed by atoms with van der Waals surface area (Å²) in [6.45, 7) is 6.82. The number of nitrogens with zero attached hydrogens (tertiary/aromatic N) is 1. The lowest BCUT2D eigenvalue weighted by Crippen LogP contribution is -2.47. The highest BCUT2D eigenvalue weighted by Gasteiger charge is 2.30. The lowest BCUT2D eigenvalue weighted by Gasteiger charge is -2.27. The fourth-order valence-electron chi connectivity index (χ4n) is 3.70. The summed E-state index contributed by atoms with van der Waals surface area (Å²) in [6.07, 6.45) is -0.0597. The van der Waals surface area contributed by atoms with Gasteiger partial charge in [-0.15, -0.1) is 0 Å². The lowest BCUT2D eigenvalue weighted by atomic mass is 9.98. The zero-order chi connectivity index (χ0) is 25.4. The first-order chi connectivity index (χ1) is 16.7. The minimum Gasteiger partial charge on any atom is -0.445 e. The van der Waals surface area contributed by atoms with Crippen molar-refractivity contribution >= 4 is 27.7 Å². The highest BCUT2D eigenvalue weighted by molar-refractivity contribution is 7.89. The van der Waals surface area contributed by atoms with Crippen LogP contribution in [-0.2, 0) is 30.9 Å². The number of rotatable bonds is 9. The Hall–Kier alpha value is -2.95. The largest absolute Gasteiger partial charge is 0.445 e. The third kappa shape index (κ3) is 7.03. The average Bonchev–Trinajstić information content (AvgIpc) is 2.87. The first-order valence-electron chi connectivity index (χ1n) is 11.7. The number of ether oxygens (including phenoxy) is 2. The summed E-state index contributed by atoms with van der Waals surface area (Å²) in [6, 6.07) is 13.1. The van der Waals surface area contributed by atoms with Gasteiger partial charge in [-0.3, -0.25) is 4.79 Å². The smallest absolute Gasteiger partial charge is 0.408 e. The zero-order valence-corrected chi connectivity index (χ0v) is 21.1. The van der Waals surface area contributed by atoms with Gasteiger partial charge in [-0.1, -0.05) is 56.7 Å². The van der Waals surface area contributed by atoms with Crippen molar-refractivity contribution in [2.45, 2.75) is 44.7 Å². The number of benzene rings is 2. The molecule has 1 heterocycles. The predicted molar refractivity (Wildman–Crippen MR) is 132 cm³/mol. The maximum Gasteiger partial charge on any atom is 0.408 e. The van der Waals surface area contributed by atoms with Gasteiger partial charge in [0, 0.05) is 18.8 Å². The fraction of sp³-hybridized carbons (Fsp3) is 0.440. The summed E-state index contributed by atoms with van der Waals surface area (Å²) in [5.74, 6) is -0.629. The van der Waals surface area contributed by atoms with Crippen molar-refractivity contribution in [3.8, 4) is 0 Å². The molecule has 2 aromatic rings. The van der Waals surface area contributed by atoms with Gasteiger partial charge < -0.3 is 20.1 Å². The molecule has 9 nitrogen and oxygen atoms in total. The van der Waals surface area contributed by atoms with E-state index in [2.05, 4.69) is 10.6 Å². The van der Waals surface area contributed by atoms with E-state index >= 15 is 0 Å². The number of hydrogen-bond donors (Lipinski definition) is 2. The first-order valence-corrected chi connectivity index (χ1v) is 13.1. The Balaban J connectivity index is 1.71. The van der Waals surface area contributed by atoms with Gasteiger partial charge in [0.25, 0.3) is 0 Å². The van der Waals surface area contributed by atoms with E-state index in [1.54, 1.807) is 19.1 Å². The highest BCUT2D eigenvalue weighted by Crippen LogP contribution is 2.25. The molecule has 10 heteroatoms. The third-order valence-electron chi connectivity index (χ3n) is 6.03. The molecular formula is C25H33N3O6S. The molecule has 0 saturated carbocycles. The standard InChI is InChI=1S/C25H33N3O6S/c1-4-18(2)23(27-25(30)34-17-20-8-6-5-7-9-20)24(29)26-21-11-10-19(3)22(16-21)35(31,32)28-12-14-33-15-13-28/h5-11,16,18,23H,4,12-15,17H2,1-3H3,(H,26,29)(H,27,30). The van der Waals surface area contributed by atoms with Crippen LogP contribution in [-0.4, -0.2) is 57.1 Å². The number of carbonyl (C=O) groups is 2. The van der Waals surface area contributed by atoms with Crippen molar-refractivity contribution in [1.29, 1.82) is 0 Å². The quantitative estimate of drug-likeness (QED) is 0.543. The minimum atomic E-state index is -3.73. The second-order valence-electron chi connectivity index (χ2n) is 8.56. The third-order valence-corrected chi connectivity index (χ3v) is 8.07. The number of morpholine rings is 1. The van der Waals surface area contributed by atoms with Gasteiger partial charge >= 0.3 is 6.09 Å². The van der Waals surface area contributed by atoms with Gasteiger partial charge in [0.15, 0.2) is 0 Å². The van der Waals surface area contributed by atoms with E-state index in [1.807, 2.05) is 44.2 Å². The molecule has 0 spiro atoms. The molecule has 0 aliphatic carbocycles. The summed E-state index contributed by atoms with van der Waals surface area (Å²) in [5.41, 5.74) is 1.75. The Morgan fingerprint density at radius 3 is 2.46 bits per heavy atom. The van der Waals surface area contributed by atoms with E-state index < -0.39 is 28.1 Å². The molecular weight excluding hydrogens is 470 g/mol. The van der Waals surface area contributed by atoms with Crippen LogP contribution in [0.15, 0.2) is 53.4 Å². The van der Waals surface area contributed by atoms with Gasteiger partial charge in [-0.25, -0.2) is 13.2 Å². The average molecular weight is 504 g/mol. The van der Waals surface area contributed by atoms with Gasteiger partial charge in [0.2, 0.25) is 15.9 Å². The Bertz CT molecular complexity index is 1120. The van der Waals surface area contributed by atoms with Crippen molar-refractivity contribution in [2.75, 3.05) is 31.6 Å². The van der Waals surface area contributed by atoms with Crippen molar-refractivity contribution < 1.29 is 27.5 Å². The summed E-state index contributed by atoms with van der Waals surface area (Å²) < 4.78 is 38.2. The number of aryl methyl sites for hydroxylation is 1. The van der Waals surface area contributed by atoms with Gasteiger partial charge in [0.05, 0.1) is 18.1 Å². The van der Waals surface area contributed by atoms with Crippen molar-refractivity contribution in [1.82, 2.24) is 9.62 Å². The Labute approximate surface area is 206 Å². The Morgan fingerprint density at radius 1 is 1.11 bits per heavy atom. The predicted octanol–water partition coefficient (Wildman–Crippen LogP) is 3.30. The number of carbonyl (C=O) groups excluding carboxylic acids is 2. The number of sulfonamides is 1. The molecule has 0 aromatic heterocycles. The molecule has 1 aliphatic heterocycles. The summed E-state index contributed by atoms with van der Waals surface area (Å²) >= 11 is 0. The summed E-state index contributed by atoms with van der Waals surface area (Å²) in [7, 11) is -3.73. The zero-order valence-electron chi connectivity index (χ0n) is 20.3. The van der Waals surface area contributed by atoms with E-state index in [1.165, 1.54) is 10.4 Å². The van der Waals surface area contributed by atoms with Gasteiger partial charge in [-0.05, 0) is 36.1 Å². The summed E-state index contributed by atoms with van der Waals surface area (Å²) in [4.78, 5) is 25.6. The van der Waals surface area contributed by atoms with Crippen molar-refractivity contribution in [3.05, 3.63) is 59.7 Å². The lowest BCUT2D eigenvalue weighted by molar-refractivity contribution is -0.119. The maximum absolute atomic E-state index is 13.2. The molecule has 2 atom stereocenters. The molecule has 0 bridgehead atoms. The van der Waals surface area contributed by atoms with Crippen LogP contribution in [0.4, 0.5) is 10.5 Å². The van der Waals surface area contributed by atoms with Crippen LogP contribution in [0.1, 0.15) is 31.4 Å². The van der Waals surface area contributed by atoms with E-state index in [4.69, 9.17) is 9.47 Å². The normalized spacial score (nSPS) is 16.2. The second-order valence-corrected chi connectivity index (χ2v) is 10.5. The SMILES string of the molecule is CCC(C)C(NC(=O)OCc1ccccc1)C(=O)Nc1ccc(C)c(S(=O)(=O)N2CCOCC2)c1. The van der Waals surface area contributed by atoms with E-state index in [-0.39, 0.29) is 30.5 Å². The molecule has 0 radical (unpaired) electrons. The highest BCUT2D eigenvalue weighted by atomic mass is 32.2. The van der Waals surface area contributed by atoms with Gasteiger partial charge in [-0.2, -0.15) is 4.31 Å². The van der Waals surface area contributed by atoms with E-state index in [0.717, 1.165) is 5.56 Å². The summed E-state index contributed by atoms with van der Waals surface area (Å²) in [5, 5.41) is 5.41. The number of nitrogens with one attached hydrogen (secondary N) is 2. The van der Waals surface area contributed by atoms with Crippen LogP contribution in [0.5, 0.6) is 0 Å². The van der Waals surface area contributed by atoms with Crippen LogP contribution in [0, 0.1) is 12.8 Å². The number of anilines is 1. The van der Waals surface area contributed by atoms with Crippen LogP contribution in [0.3, 0.4) is 0 Å².